The highest BCUT2D eigenvalue weighted by molar-refractivity contribution is 5.78. The molecule has 1 aliphatic heterocycles. The average molecular weight is 244 g/mol. The van der Waals surface area contributed by atoms with Crippen LogP contribution in [0.25, 0.3) is 0 Å². The van der Waals surface area contributed by atoms with Gasteiger partial charge in [0.05, 0.1) is 11.6 Å². The third-order valence-corrected chi connectivity index (χ3v) is 2.74. The number of carbonyl (C=O) groups is 1. The van der Waals surface area contributed by atoms with Crippen LogP contribution in [-0.2, 0) is 11.0 Å². The molecule has 0 radical (unpaired) electrons. The fourth-order valence-corrected chi connectivity index (χ4v) is 1.90. The number of carbonyl (C=O) groups excluding carboxylic acids is 1. The van der Waals surface area contributed by atoms with Gasteiger partial charge in [-0.1, -0.05) is 18.2 Å². The molecule has 0 spiro atoms. The first-order valence-electron chi connectivity index (χ1n) is 5.08. The number of alkyl halides is 3. The molecule has 1 amide bonds. The van der Waals surface area contributed by atoms with Crippen LogP contribution in [0.15, 0.2) is 24.3 Å². The van der Waals surface area contributed by atoms with Gasteiger partial charge in [0.2, 0.25) is 5.91 Å². The number of nitrogens with zero attached hydrogens (tertiary/aromatic N) is 1. The Balaban J connectivity index is 2.37. The normalized spacial score (nSPS) is 21.1. The molecule has 3 nitrogen and oxygen atoms in total. The average Bonchev–Trinajstić information content (AvgIpc) is 2.58. The summed E-state index contributed by atoms with van der Waals surface area (Å²) < 4.78 is 38.3. The predicted octanol–water partition coefficient (Wildman–Crippen LogP) is 2.11. The van der Waals surface area contributed by atoms with Gasteiger partial charge in [0.1, 0.15) is 0 Å². The van der Waals surface area contributed by atoms with Crippen LogP contribution in [0.5, 0.6) is 0 Å². The molecule has 1 aromatic rings. The quantitative estimate of drug-likeness (QED) is 0.820. The van der Waals surface area contributed by atoms with Gasteiger partial charge in [0, 0.05) is 13.5 Å². The lowest BCUT2D eigenvalue weighted by molar-refractivity contribution is -0.138. The van der Waals surface area contributed by atoms with Crippen molar-refractivity contribution < 1.29 is 18.0 Å². The van der Waals surface area contributed by atoms with Gasteiger partial charge in [-0.05, 0) is 11.6 Å². The summed E-state index contributed by atoms with van der Waals surface area (Å²) in [6.07, 6.45) is -4.36. The maximum atomic E-state index is 12.8. The van der Waals surface area contributed by atoms with Crippen molar-refractivity contribution in [3.63, 3.8) is 0 Å². The number of nitrogens with one attached hydrogen (secondary N) is 1. The van der Waals surface area contributed by atoms with Crippen molar-refractivity contribution in [1.82, 2.24) is 10.4 Å². The molecule has 0 bridgehead atoms. The van der Waals surface area contributed by atoms with Crippen molar-refractivity contribution in [2.24, 2.45) is 0 Å². The Kier molecular flexibility index (Phi) is 2.82. The summed E-state index contributed by atoms with van der Waals surface area (Å²) in [5.74, 6) is -0.216. The lowest BCUT2D eigenvalue weighted by atomic mass is 9.99. The van der Waals surface area contributed by atoms with Crippen molar-refractivity contribution in [3.8, 4) is 0 Å². The van der Waals surface area contributed by atoms with E-state index in [4.69, 9.17) is 0 Å². The summed E-state index contributed by atoms with van der Waals surface area (Å²) in [4.78, 5) is 11.3. The minimum Gasteiger partial charge on any atom is -0.281 e. The standard InChI is InChI=1S/C11H11F3N2O/c1-16-10(17)6-9(15-16)7-4-2-3-5-8(7)11(12,13)14/h2-5,9,15H,6H2,1H3. The maximum absolute atomic E-state index is 12.8. The van der Waals surface area contributed by atoms with E-state index in [2.05, 4.69) is 5.43 Å². The molecule has 92 valence electrons. The van der Waals surface area contributed by atoms with Crippen LogP contribution >= 0.6 is 0 Å². The van der Waals surface area contributed by atoms with Gasteiger partial charge in [0.15, 0.2) is 0 Å². The highest BCUT2D eigenvalue weighted by Crippen LogP contribution is 2.36. The van der Waals surface area contributed by atoms with E-state index in [0.29, 0.717) is 0 Å². The highest BCUT2D eigenvalue weighted by Gasteiger charge is 2.37. The molecule has 2 rings (SSSR count). The predicted molar refractivity (Wildman–Crippen MR) is 54.7 cm³/mol. The minimum atomic E-state index is -4.40. The smallest absolute Gasteiger partial charge is 0.281 e. The van der Waals surface area contributed by atoms with Crippen molar-refractivity contribution >= 4 is 5.91 Å². The summed E-state index contributed by atoms with van der Waals surface area (Å²) in [6, 6.07) is 4.69. The first-order chi connectivity index (χ1) is 7.89. The van der Waals surface area contributed by atoms with Crippen molar-refractivity contribution in [3.05, 3.63) is 35.4 Å². The van der Waals surface area contributed by atoms with E-state index in [1.54, 1.807) is 0 Å². The lowest BCUT2D eigenvalue weighted by Crippen LogP contribution is -2.31. The molecule has 1 fully saturated rings. The second-order valence-corrected chi connectivity index (χ2v) is 3.92. The Morgan fingerprint density at radius 2 is 2.00 bits per heavy atom. The number of hydrogen-bond acceptors (Lipinski definition) is 2. The van der Waals surface area contributed by atoms with Gasteiger partial charge in [-0.3, -0.25) is 9.80 Å². The Morgan fingerprint density at radius 1 is 1.35 bits per heavy atom. The van der Waals surface area contributed by atoms with Crippen LogP contribution in [0.2, 0.25) is 0 Å². The molecular weight excluding hydrogens is 233 g/mol. The van der Waals surface area contributed by atoms with E-state index in [9.17, 15) is 18.0 Å². The van der Waals surface area contributed by atoms with E-state index in [-0.39, 0.29) is 17.9 Å². The van der Waals surface area contributed by atoms with Crippen LogP contribution in [0.1, 0.15) is 23.6 Å². The van der Waals surface area contributed by atoms with E-state index in [1.165, 1.54) is 30.3 Å². The molecule has 0 aliphatic carbocycles. The number of rotatable bonds is 1. The third-order valence-electron chi connectivity index (χ3n) is 2.74. The van der Waals surface area contributed by atoms with Crippen LogP contribution in [-0.4, -0.2) is 18.0 Å². The van der Waals surface area contributed by atoms with Gasteiger partial charge in [-0.15, -0.1) is 0 Å². The number of benzene rings is 1. The molecule has 1 atom stereocenters. The number of hydrogen-bond donors (Lipinski definition) is 1. The second kappa shape index (κ2) is 4.03. The van der Waals surface area contributed by atoms with Crippen molar-refractivity contribution in [2.45, 2.75) is 18.6 Å². The Bertz CT molecular complexity index is 445. The van der Waals surface area contributed by atoms with E-state index in [0.717, 1.165) is 6.07 Å². The summed E-state index contributed by atoms with van der Waals surface area (Å²) in [6.45, 7) is 0. The molecule has 1 aromatic carbocycles. The van der Waals surface area contributed by atoms with Crippen LogP contribution in [0.4, 0.5) is 13.2 Å². The fourth-order valence-electron chi connectivity index (χ4n) is 1.90. The SMILES string of the molecule is CN1NC(c2ccccc2C(F)(F)F)CC1=O. The van der Waals surface area contributed by atoms with E-state index in [1.807, 2.05) is 0 Å². The van der Waals surface area contributed by atoms with Gasteiger partial charge in [-0.2, -0.15) is 13.2 Å². The van der Waals surface area contributed by atoms with E-state index < -0.39 is 17.8 Å². The number of amides is 1. The Morgan fingerprint density at radius 3 is 2.53 bits per heavy atom. The minimum absolute atomic E-state index is 0.0452. The zero-order chi connectivity index (χ0) is 12.6. The molecule has 0 saturated carbocycles. The summed E-state index contributed by atoms with van der Waals surface area (Å²) >= 11 is 0. The van der Waals surface area contributed by atoms with Crippen LogP contribution < -0.4 is 5.43 Å². The number of halogens is 3. The molecule has 1 saturated heterocycles. The molecule has 1 aliphatic rings. The topological polar surface area (TPSA) is 32.3 Å². The summed E-state index contributed by atoms with van der Waals surface area (Å²) in [5.41, 5.74) is 2.13. The molecule has 17 heavy (non-hydrogen) atoms. The largest absolute Gasteiger partial charge is 0.416 e. The maximum Gasteiger partial charge on any atom is 0.416 e. The van der Waals surface area contributed by atoms with Crippen LogP contribution in [0, 0.1) is 0 Å². The zero-order valence-corrected chi connectivity index (χ0v) is 9.08. The van der Waals surface area contributed by atoms with Crippen molar-refractivity contribution in [1.29, 1.82) is 0 Å². The van der Waals surface area contributed by atoms with Crippen molar-refractivity contribution in [2.75, 3.05) is 7.05 Å². The first kappa shape index (κ1) is 11.9. The van der Waals surface area contributed by atoms with Crippen LogP contribution in [0.3, 0.4) is 0 Å². The Labute approximate surface area is 96.2 Å². The number of hydrazine groups is 1. The monoisotopic (exact) mass is 244 g/mol. The second-order valence-electron chi connectivity index (χ2n) is 3.92. The fraction of sp³-hybridized carbons (Fsp3) is 0.364. The first-order valence-corrected chi connectivity index (χ1v) is 5.08. The highest BCUT2D eigenvalue weighted by atomic mass is 19.4. The van der Waals surface area contributed by atoms with Gasteiger partial charge in [-0.25, -0.2) is 5.43 Å². The van der Waals surface area contributed by atoms with Gasteiger partial charge < -0.3 is 0 Å². The summed E-state index contributed by atoms with van der Waals surface area (Å²) in [5, 5.41) is 1.22. The zero-order valence-electron chi connectivity index (χ0n) is 9.08. The molecule has 1 N–H and O–H groups in total. The molecular formula is C11H11F3N2O. The van der Waals surface area contributed by atoms with Gasteiger partial charge in [0.25, 0.3) is 0 Å². The molecule has 1 unspecified atom stereocenters. The Hall–Kier alpha value is -1.56. The molecule has 1 heterocycles. The van der Waals surface area contributed by atoms with E-state index >= 15 is 0 Å². The summed E-state index contributed by atoms with van der Waals surface area (Å²) in [7, 11) is 1.50. The third kappa shape index (κ3) is 2.26. The molecule has 0 aromatic heterocycles. The van der Waals surface area contributed by atoms with Gasteiger partial charge >= 0.3 is 6.18 Å². The lowest BCUT2D eigenvalue weighted by Gasteiger charge is -2.18. The molecule has 6 heteroatoms.